The molecule has 0 saturated heterocycles. The van der Waals surface area contributed by atoms with Crippen LogP contribution in [-0.4, -0.2) is 5.78 Å². The third-order valence-electron chi connectivity index (χ3n) is 2.72. The maximum atomic E-state index is 13.6. The summed E-state index contributed by atoms with van der Waals surface area (Å²) in [6, 6.07) is 5.48. The quantitative estimate of drug-likeness (QED) is 0.469. The Labute approximate surface area is 116 Å². The summed E-state index contributed by atoms with van der Waals surface area (Å²) in [5.41, 5.74) is -0.685. The largest absolute Gasteiger partial charge is 0.294 e. The molecule has 2 aromatic carbocycles. The number of hydrogen-bond acceptors (Lipinski definition) is 1. The van der Waals surface area contributed by atoms with Crippen LogP contribution in [0.3, 0.4) is 0 Å². The minimum absolute atomic E-state index is 0.0494. The first-order valence-electron chi connectivity index (χ1n) is 5.51. The first-order valence-corrected chi connectivity index (χ1v) is 5.89. The number of carbonyl (C=O) groups excluding carboxylic acids is 1. The van der Waals surface area contributed by atoms with E-state index in [1.165, 1.54) is 18.2 Å². The maximum Gasteiger partial charge on any atom is 0.195 e. The molecule has 0 fully saturated rings. The Morgan fingerprint density at radius 1 is 0.950 bits per heavy atom. The molecule has 0 saturated carbocycles. The molecule has 1 nitrogen and oxygen atoms in total. The monoisotopic (exact) mass is 302 g/mol. The number of halogens is 5. The number of carbonyl (C=O) groups is 1. The molecule has 104 valence electrons. The lowest BCUT2D eigenvalue weighted by Gasteiger charge is -2.06. The van der Waals surface area contributed by atoms with Gasteiger partial charge in [0.1, 0.15) is 5.82 Å². The van der Waals surface area contributed by atoms with Crippen LogP contribution in [0.1, 0.15) is 15.9 Å². The molecule has 20 heavy (non-hydrogen) atoms. The second kappa shape index (κ2) is 5.63. The van der Waals surface area contributed by atoms with Gasteiger partial charge in [-0.3, -0.25) is 4.79 Å². The predicted octanol–water partition coefficient (Wildman–Crippen LogP) is 4.32. The first kappa shape index (κ1) is 14.5. The molecule has 0 aliphatic carbocycles. The van der Waals surface area contributed by atoms with Crippen LogP contribution in [0.2, 0.25) is 5.02 Å². The zero-order valence-electron chi connectivity index (χ0n) is 9.89. The number of benzene rings is 2. The highest BCUT2D eigenvalue weighted by Gasteiger charge is 2.20. The Morgan fingerprint density at radius 2 is 1.65 bits per heavy atom. The third-order valence-corrected chi connectivity index (χ3v) is 3.01. The van der Waals surface area contributed by atoms with Crippen LogP contribution in [0.5, 0.6) is 0 Å². The summed E-state index contributed by atoms with van der Waals surface area (Å²) in [6.45, 7) is 0. The molecule has 2 rings (SSSR count). The van der Waals surface area contributed by atoms with E-state index < -0.39 is 41.0 Å². The van der Waals surface area contributed by atoms with Gasteiger partial charge in [-0.1, -0.05) is 23.7 Å². The second-order valence-corrected chi connectivity index (χ2v) is 4.44. The summed E-state index contributed by atoms with van der Waals surface area (Å²) in [7, 11) is 0. The van der Waals surface area contributed by atoms with E-state index in [-0.39, 0.29) is 10.6 Å². The van der Waals surface area contributed by atoms with Crippen molar-refractivity contribution in [2.75, 3.05) is 0 Å². The van der Waals surface area contributed by atoms with Crippen molar-refractivity contribution >= 4 is 17.4 Å². The minimum atomic E-state index is -1.73. The molecule has 0 heterocycles. The molecule has 6 heteroatoms. The Bertz CT molecular complexity index is 685. The van der Waals surface area contributed by atoms with Crippen LogP contribution >= 0.6 is 11.6 Å². The van der Waals surface area contributed by atoms with Crippen LogP contribution in [0, 0.1) is 23.3 Å². The fourth-order valence-corrected chi connectivity index (χ4v) is 1.89. The van der Waals surface area contributed by atoms with Gasteiger partial charge in [0.25, 0.3) is 0 Å². The second-order valence-electron chi connectivity index (χ2n) is 4.04. The Kier molecular flexibility index (Phi) is 4.09. The molecule has 0 amide bonds. The van der Waals surface area contributed by atoms with Crippen molar-refractivity contribution in [1.29, 1.82) is 0 Å². The molecule has 2 aromatic rings. The molecule has 0 atom stereocenters. The number of hydrogen-bond donors (Lipinski definition) is 0. The summed E-state index contributed by atoms with van der Waals surface area (Å²) >= 11 is 5.55. The molecule has 0 aliphatic rings. The molecule has 0 unspecified atom stereocenters. The van der Waals surface area contributed by atoms with Crippen molar-refractivity contribution in [3.8, 4) is 0 Å². The number of ketones is 1. The first-order chi connectivity index (χ1) is 9.41. The van der Waals surface area contributed by atoms with Gasteiger partial charge in [0, 0.05) is 6.42 Å². The summed E-state index contributed by atoms with van der Waals surface area (Å²) < 4.78 is 52.8. The standard InChI is InChI=1S/C14H7ClF4O/c15-9-3-1-2-7(12(9)17)6-11(20)8-4-5-10(16)14(19)13(8)18/h1-5H,6H2. The smallest absolute Gasteiger partial charge is 0.195 e. The third kappa shape index (κ3) is 2.67. The average molecular weight is 303 g/mol. The molecule has 0 spiro atoms. The fraction of sp³-hybridized carbons (Fsp3) is 0.0714. The summed E-state index contributed by atoms with van der Waals surface area (Å²) in [4.78, 5) is 11.8. The lowest BCUT2D eigenvalue weighted by Crippen LogP contribution is -2.09. The van der Waals surface area contributed by atoms with Crippen molar-refractivity contribution in [2.45, 2.75) is 6.42 Å². The molecule has 0 aliphatic heterocycles. The highest BCUT2D eigenvalue weighted by molar-refractivity contribution is 6.30. The van der Waals surface area contributed by atoms with E-state index in [2.05, 4.69) is 0 Å². The average Bonchev–Trinajstić information content (AvgIpc) is 2.41. The number of rotatable bonds is 3. The van der Waals surface area contributed by atoms with Gasteiger partial charge in [-0.25, -0.2) is 17.6 Å². The lowest BCUT2D eigenvalue weighted by molar-refractivity contribution is 0.0986. The van der Waals surface area contributed by atoms with Gasteiger partial charge >= 0.3 is 0 Å². The van der Waals surface area contributed by atoms with Gasteiger partial charge in [-0.15, -0.1) is 0 Å². The number of Topliss-reactive ketones (excluding diaryl/α,β-unsaturated/α-hetero) is 1. The highest BCUT2D eigenvalue weighted by atomic mass is 35.5. The van der Waals surface area contributed by atoms with Crippen LogP contribution < -0.4 is 0 Å². The van der Waals surface area contributed by atoms with Crippen LogP contribution in [0.25, 0.3) is 0 Å². The topological polar surface area (TPSA) is 17.1 Å². The van der Waals surface area contributed by atoms with Gasteiger partial charge in [-0.2, -0.15) is 0 Å². The van der Waals surface area contributed by atoms with Crippen molar-refractivity contribution in [2.24, 2.45) is 0 Å². The maximum absolute atomic E-state index is 13.6. The van der Waals surface area contributed by atoms with Gasteiger partial charge in [0.05, 0.1) is 10.6 Å². The van der Waals surface area contributed by atoms with Gasteiger partial charge in [-0.05, 0) is 23.8 Å². The minimum Gasteiger partial charge on any atom is -0.294 e. The van der Waals surface area contributed by atoms with Crippen LogP contribution in [0.15, 0.2) is 30.3 Å². The zero-order chi connectivity index (χ0) is 14.9. The Hall–Kier alpha value is -1.88. The molecule has 0 N–H and O–H groups in total. The fourth-order valence-electron chi connectivity index (χ4n) is 1.69. The molecule has 0 aromatic heterocycles. The SMILES string of the molecule is O=C(Cc1cccc(Cl)c1F)c1ccc(F)c(F)c1F. The molecular weight excluding hydrogens is 296 g/mol. The van der Waals surface area contributed by atoms with Crippen molar-refractivity contribution in [3.63, 3.8) is 0 Å². The molecular formula is C14H7ClF4O. The zero-order valence-corrected chi connectivity index (χ0v) is 10.6. The van der Waals surface area contributed by atoms with Crippen LogP contribution in [-0.2, 0) is 6.42 Å². The van der Waals surface area contributed by atoms with E-state index in [1.54, 1.807) is 0 Å². The van der Waals surface area contributed by atoms with Crippen LogP contribution in [0.4, 0.5) is 17.6 Å². The van der Waals surface area contributed by atoms with E-state index in [4.69, 9.17) is 11.6 Å². The molecule has 0 radical (unpaired) electrons. The van der Waals surface area contributed by atoms with E-state index in [0.717, 1.165) is 6.07 Å². The highest BCUT2D eigenvalue weighted by Crippen LogP contribution is 2.21. The van der Waals surface area contributed by atoms with Crippen molar-refractivity contribution in [3.05, 3.63) is 69.8 Å². The van der Waals surface area contributed by atoms with Gasteiger partial charge in [0.15, 0.2) is 23.2 Å². The van der Waals surface area contributed by atoms with Crippen molar-refractivity contribution < 1.29 is 22.4 Å². The summed E-state index contributed by atoms with van der Waals surface area (Å²) in [5, 5.41) is -0.180. The Morgan fingerprint density at radius 3 is 2.35 bits per heavy atom. The Balaban J connectivity index is 2.34. The molecule has 0 bridgehead atoms. The lowest BCUT2D eigenvalue weighted by atomic mass is 10.0. The summed E-state index contributed by atoms with van der Waals surface area (Å²) in [5.74, 6) is -6.39. The van der Waals surface area contributed by atoms with E-state index in [0.29, 0.717) is 6.07 Å². The van der Waals surface area contributed by atoms with Gasteiger partial charge < -0.3 is 0 Å². The predicted molar refractivity (Wildman–Crippen MR) is 65.8 cm³/mol. The van der Waals surface area contributed by atoms with Gasteiger partial charge in [0.2, 0.25) is 0 Å². The van der Waals surface area contributed by atoms with E-state index >= 15 is 0 Å². The summed E-state index contributed by atoms with van der Waals surface area (Å²) in [6.07, 6.45) is -0.506. The van der Waals surface area contributed by atoms with E-state index in [1.807, 2.05) is 0 Å². The van der Waals surface area contributed by atoms with Crippen molar-refractivity contribution in [1.82, 2.24) is 0 Å². The van der Waals surface area contributed by atoms with E-state index in [9.17, 15) is 22.4 Å². The normalized spacial score (nSPS) is 10.7.